The number of aliphatic imine (C=N–C) groups is 1. The molecular formula is C25H34IN7. The molecule has 3 aromatic rings. The van der Waals surface area contributed by atoms with Crippen LogP contribution in [0, 0.1) is 0 Å². The van der Waals surface area contributed by atoms with Gasteiger partial charge in [-0.3, -0.25) is 9.47 Å². The van der Waals surface area contributed by atoms with Crippen LogP contribution in [0.15, 0.2) is 66.3 Å². The van der Waals surface area contributed by atoms with Gasteiger partial charge in [0.25, 0.3) is 0 Å². The van der Waals surface area contributed by atoms with Gasteiger partial charge >= 0.3 is 0 Å². The summed E-state index contributed by atoms with van der Waals surface area (Å²) in [6, 6.07) is 13.0. The lowest BCUT2D eigenvalue weighted by molar-refractivity contribution is 0.221. The Balaban J connectivity index is 0.00000306. The minimum atomic E-state index is 0. The molecule has 1 aliphatic rings. The molecule has 0 radical (unpaired) electrons. The first-order valence-electron chi connectivity index (χ1n) is 11.6. The molecule has 0 spiro atoms. The number of piperidine rings is 1. The van der Waals surface area contributed by atoms with Crippen molar-refractivity contribution in [2.24, 2.45) is 4.99 Å². The summed E-state index contributed by atoms with van der Waals surface area (Å²) in [6.45, 7) is 7.74. The molecule has 4 rings (SSSR count). The number of rotatable bonds is 8. The lowest BCUT2D eigenvalue weighted by atomic mass is 10.1. The largest absolute Gasteiger partial charge is 0.357 e. The van der Waals surface area contributed by atoms with Gasteiger partial charge in [0.1, 0.15) is 12.1 Å². The minimum absolute atomic E-state index is 0. The van der Waals surface area contributed by atoms with E-state index in [-0.39, 0.29) is 24.0 Å². The van der Waals surface area contributed by atoms with Crippen molar-refractivity contribution in [3.63, 3.8) is 0 Å². The van der Waals surface area contributed by atoms with Gasteiger partial charge in [-0.05, 0) is 61.7 Å². The highest BCUT2D eigenvalue weighted by molar-refractivity contribution is 14.0. The molecule has 3 heterocycles. The van der Waals surface area contributed by atoms with Crippen molar-refractivity contribution in [3.8, 4) is 5.82 Å². The van der Waals surface area contributed by atoms with Gasteiger partial charge < -0.3 is 10.6 Å². The van der Waals surface area contributed by atoms with E-state index in [4.69, 9.17) is 4.99 Å². The number of nitrogens with one attached hydrogen (secondary N) is 2. The maximum atomic E-state index is 4.75. The lowest BCUT2D eigenvalue weighted by Gasteiger charge is -2.26. The van der Waals surface area contributed by atoms with E-state index >= 15 is 0 Å². The van der Waals surface area contributed by atoms with Crippen molar-refractivity contribution >= 4 is 29.9 Å². The molecule has 0 aliphatic carbocycles. The highest BCUT2D eigenvalue weighted by Crippen LogP contribution is 2.14. The highest BCUT2D eigenvalue weighted by atomic mass is 127. The Morgan fingerprint density at radius 3 is 2.48 bits per heavy atom. The number of benzene rings is 1. The fourth-order valence-electron chi connectivity index (χ4n) is 3.93. The summed E-state index contributed by atoms with van der Waals surface area (Å²) >= 11 is 0. The molecule has 7 nitrogen and oxygen atoms in total. The van der Waals surface area contributed by atoms with Crippen LogP contribution >= 0.6 is 24.0 Å². The van der Waals surface area contributed by atoms with Gasteiger partial charge in [-0.2, -0.15) is 0 Å². The number of halogens is 1. The van der Waals surface area contributed by atoms with Gasteiger partial charge in [0.2, 0.25) is 0 Å². The summed E-state index contributed by atoms with van der Waals surface area (Å²) in [4.78, 5) is 15.8. The van der Waals surface area contributed by atoms with Crippen LogP contribution in [0.25, 0.3) is 5.82 Å². The van der Waals surface area contributed by atoms with E-state index in [0.29, 0.717) is 6.54 Å². The fraction of sp³-hybridized carbons (Fsp3) is 0.400. The first-order chi connectivity index (χ1) is 15.8. The Bertz CT molecular complexity index is 980. The number of hydrogen-bond acceptors (Lipinski definition) is 4. The van der Waals surface area contributed by atoms with E-state index in [1.165, 1.54) is 43.5 Å². The normalized spacial score (nSPS) is 14.5. The molecule has 1 saturated heterocycles. The van der Waals surface area contributed by atoms with E-state index in [1.54, 1.807) is 12.5 Å². The predicted octanol–water partition coefficient (Wildman–Crippen LogP) is 4.13. The van der Waals surface area contributed by atoms with Gasteiger partial charge in [-0.25, -0.2) is 15.0 Å². The molecule has 1 aliphatic heterocycles. The van der Waals surface area contributed by atoms with Crippen molar-refractivity contribution in [1.29, 1.82) is 0 Å². The first kappa shape index (κ1) is 25.2. The molecule has 33 heavy (non-hydrogen) atoms. The molecule has 0 bridgehead atoms. The number of aromatic nitrogens is 3. The number of hydrogen-bond donors (Lipinski definition) is 2. The molecule has 2 N–H and O–H groups in total. The molecule has 1 fully saturated rings. The van der Waals surface area contributed by atoms with Crippen LogP contribution in [0.3, 0.4) is 0 Å². The summed E-state index contributed by atoms with van der Waals surface area (Å²) in [7, 11) is 0. The average molecular weight is 560 g/mol. The lowest BCUT2D eigenvalue weighted by Crippen LogP contribution is -2.36. The molecule has 1 aromatic carbocycles. The number of pyridine rings is 1. The molecule has 0 amide bonds. The second-order valence-corrected chi connectivity index (χ2v) is 8.19. The van der Waals surface area contributed by atoms with Crippen molar-refractivity contribution in [2.45, 2.75) is 45.8 Å². The van der Waals surface area contributed by atoms with E-state index in [9.17, 15) is 0 Å². The van der Waals surface area contributed by atoms with E-state index in [0.717, 1.165) is 37.0 Å². The van der Waals surface area contributed by atoms with Crippen LogP contribution in [0.4, 0.5) is 0 Å². The molecule has 2 aromatic heterocycles. The number of likely N-dealkylation sites (tertiary alicyclic amines) is 1. The monoisotopic (exact) mass is 559 g/mol. The van der Waals surface area contributed by atoms with E-state index < -0.39 is 0 Å². The second kappa shape index (κ2) is 13.3. The highest BCUT2D eigenvalue weighted by Gasteiger charge is 2.10. The van der Waals surface area contributed by atoms with Crippen LogP contribution < -0.4 is 10.6 Å². The SMILES string of the molecule is CCNC(=NCc1ccnc(-n2ccnc2)c1)NCc1ccc(CN2CCCCC2)cc1.I. The van der Waals surface area contributed by atoms with Gasteiger partial charge in [0.05, 0.1) is 6.54 Å². The zero-order chi connectivity index (χ0) is 22.0. The Labute approximate surface area is 213 Å². The Kier molecular flexibility index (Phi) is 10.1. The van der Waals surface area contributed by atoms with Crippen LogP contribution in [-0.4, -0.2) is 45.0 Å². The summed E-state index contributed by atoms with van der Waals surface area (Å²) in [5.74, 6) is 1.66. The van der Waals surface area contributed by atoms with Crippen LogP contribution in [0.2, 0.25) is 0 Å². The zero-order valence-electron chi connectivity index (χ0n) is 19.3. The standard InChI is InChI=1S/C25H33N7.HI/c1-2-27-25(30-18-23-10-11-28-24(16-23)32-15-12-26-20-32)29-17-21-6-8-22(9-7-21)19-31-13-4-3-5-14-31;/h6-12,15-16,20H,2-5,13-14,17-19H2,1H3,(H2,27,29,30);1H. The van der Waals surface area contributed by atoms with Gasteiger partial charge in [0.15, 0.2) is 5.96 Å². The number of nitrogens with zero attached hydrogens (tertiary/aromatic N) is 5. The van der Waals surface area contributed by atoms with Crippen LogP contribution in [0.5, 0.6) is 0 Å². The van der Waals surface area contributed by atoms with Gasteiger partial charge in [-0.15, -0.1) is 24.0 Å². The van der Waals surface area contributed by atoms with E-state index in [2.05, 4.69) is 56.7 Å². The summed E-state index contributed by atoms with van der Waals surface area (Å²) in [6.07, 6.45) is 11.2. The summed E-state index contributed by atoms with van der Waals surface area (Å²) in [5, 5.41) is 6.78. The predicted molar refractivity (Wildman–Crippen MR) is 144 cm³/mol. The smallest absolute Gasteiger partial charge is 0.191 e. The second-order valence-electron chi connectivity index (χ2n) is 8.19. The quantitative estimate of drug-likeness (QED) is 0.247. The van der Waals surface area contributed by atoms with Crippen LogP contribution in [-0.2, 0) is 19.6 Å². The molecular weight excluding hydrogens is 525 g/mol. The van der Waals surface area contributed by atoms with Gasteiger partial charge in [0, 0.05) is 38.2 Å². The fourth-order valence-corrected chi connectivity index (χ4v) is 3.93. The number of imidazole rings is 1. The third-order valence-electron chi connectivity index (χ3n) is 5.68. The number of guanidine groups is 1. The minimum Gasteiger partial charge on any atom is -0.357 e. The summed E-state index contributed by atoms with van der Waals surface area (Å²) < 4.78 is 1.89. The topological polar surface area (TPSA) is 70.4 Å². The van der Waals surface area contributed by atoms with Crippen molar-refractivity contribution in [1.82, 2.24) is 30.1 Å². The maximum Gasteiger partial charge on any atom is 0.191 e. The zero-order valence-corrected chi connectivity index (χ0v) is 21.6. The van der Waals surface area contributed by atoms with E-state index in [1.807, 2.05) is 29.1 Å². The van der Waals surface area contributed by atoms with Crippen LogP contribution in [0.1, 0.15) is 42.9 Å². The van der Waals surface area contributed by atoms with Crippen molar-refractivity contribution in [2.75, 3.05) is 19.6 Å². The average Bonchev–Trinajstić information content (AvgIpc) is 3.38. The third-order valence-corrected chi connectivity index (χ3v) is 5.68. The maximum absolute atomic E-state index is 4.75. The van der Waals surface area contributed by atoms with Crippen molar-refractivity contribution in [3.05, 3.63) is 78.0 Å². The molecule has 0 saturated carbocycles. The molecule has 176 valence electrons. The first-order valence-corrected chi connectivity index (χ1v) is 11.6. The van der Waals surface area contributed by atoms with Gasteiger partial charge in [-0.1, -0.05) is 30.7 Å². The molecule has 0 atom stereocenters. The Hall–Kier alpha value is -2.46. The Morgan fingerprint density at radius 2 is 1.76 bits per heavy atom. The van der Waals surface area contributed by atoms with Crippen molar-refractivity contribution < 1.29 is 0 Å². The Morgan fingerprint density at radius 1 is 0.970 bits per heavy atom. The molecule has 0 unspecified atom stereocenters. The third kappa shape index (κ3) is 7.82. The molecule has 8 heteroatoms. The summed E-state index contributed by atoms with van der Waals surface area (Å²) in [5.41, 5.74) is 3.75.